The van der Waals surface area contributed by atoms with Crippen LogP contribution >= 0.6 is 11.3 Å². The number of rotatable bonds is 4. The number of sulfonamides is 1. The summed E-state index contributed by atoms with van der Waals surface area (Å²) >= 11 is 1.13. The number of hydrogen-bond donors (Lipinski definition) is 1. The molecular weight excluding hydrogens is 465 g/mol. The van der Waals surface area contributed by atoms with Crippen molar-refractivity contribution < 1.29 is 26.3 Å². The highest BCUT2D eigenvalue weighted by atomic mass is 32.2. The molecule has 1 aliphatic heterocycles. The van der Waals surface area contributed by atoms with Gasteiger partial charge in [0.2, 0.25) is 0 Å². The fraction of sp³-hybridized carbons (Fsp3) is 0.200. The van der Waals surface area contributed by atoms with E-state index in [9.17, 15) is 26.9 Å². The second-order valence-electron chi connectivity index (χ2n) is 6.95. The van der Waals surface area contributed by atoms with E-state index >= 15 is 0 Å². The van der Waals surface area contributed by atoms with Gasteiger partial charge in [-0.2, -0.15) is 18.4 Å². The van der Waals surface area contributed by atoms with Crippen LogP contribution in [-0.2, 0) is 16.2 Å². The van der Waals surface area contributed by atoms with Gasteiger partial charge in [0.25, 0.3) is 10.0 Å². The molecule has 4 rings (SSSR count). The smallest absolute Gasteiger partial charge is 0.416 e. The molecule has 1 aliphatic rings. The monoisotopic (exact) mass is 480 g/mol. The van der Waals surface area contributed by atoms with E-state index in [0.717, 1.165) is 23.5 Å². The Balaban J connectivity index is 1.74. The lowest BCUT2D eigenvalue weighted by Gasteiger charge is -2.35. The average molecular weight is 480 g/mol. The van der Waals surface area contributed by atoms with Crippen molar-refractivity contribution in [3.63, 3.8) is 0 Å². The molecule has 166 valence electrons. The molecular formula is C20H15F3N4O3S2. The minimum absolute atomic E-state index is 0.0616. The van der Waals surface area contributed by atoms with E-state index in [1.165, 1.54) is 30.5 Å². The van der Waals surface area contributed by atoms with Crippen molar-refractivity contribution >= 4 is 37.9 Å². The maximum absolute atomic E-state index is 13.1. The maximum Gasteiger partial charge on any atom is 0.416 e. The lowest BCUT2D eigenvalue weighted by atomic mass is 10.1. The van der Waals surface area contributed by atoms with Crippen LogP contribution in [0.15, 0.2) is 52.9 Å². The van der Waals surface area contributed by atoms with Crippen molar-refractivity contribution in [3.05, 3.63) is 59.1 Å². The summed E-state index contributed by atoms with van der Waals surface area (Å²) < 4.78 is 72.7. The molecule has 0 radical (unpaired) electrons. The number of anilines is 3. The van der Waals surface area contributed by atoms with Gasteiger partial charge in [0, 0.05) is 17.6 Å². The van der Waals surface area contributed by atoms with Gasteiger partial charge in [-0.3, -0.25) is 4.72 Å². The van der Waals surface area contributed by atoms with Crippen LogP contribution in [0.25, 0.3) is 0 Å². The Hall–Kier alpha value is -3.30. The molecule has 0 amide bonds. The fourth-order valence-corrected chi connectivity index (χ4v) is 5.11. The third-order valence-corrected chi connectivity index (χ3v) is 6.84. The Morgan fingerprint density at radius 1 is 1.25 bits per heavy atom. The molecule has 0 aliphatic carbocycles. The SMILES string of the molecule is C[C@@H]1CN(c2ccc(C(F)(F)F)cc2C#N)c2ccc(S(=O)(=O)Nc3nccs3)cc2O1. The zero-order valence-electron chi connectivity index (χ0n) is 16.4. The number of nitrogens with one attached hydrogen (secondary N) is 1. The van der Waals surface area contributed by atoms with Crippen LogP contribution in [0.3, 0.4) is 0 Å². The first-order valence-corrected chi connectivity index (χ1v) is 11.6. The molecule has 32 heavy (non-hydrogen) atoms. The summed E-state index contributed by atoms with van der Waals surface area (Å²) in [5.41, 5.74) is -0.364. The topological polar surface area (TPSA) is 95.3 Å². The number of nitriles is 1. The Morgan fingerprint density at radius 3 is 2.66 bits per heavy atom. The summed E-state index contributed by atoms with van der Waals surface area (Å²) in [6.45, 7) is 2.00. The first-order chi connectivity index (χ1) is 15.1. The highest BCUT2D eigenvalue weighted by Gasteiger charge is 2.33. The van der Waals surface area contributed by atoms with Gasteiger partial charge in [0.1, 0.15) is 17.9 Å². The number of nitrogens with zero attached hydrogens (tertiary/aromatic N) is 3. The molecule has 0 unspecified atom stereocenters. The Labute approximate surface area is 185 Å². The maximum atomic E-state index is 13.1. The van der Waals surface area contributed by atoms with Crippen molar-refractivity contribution in [1.29, 1.82) is 5.26 Å². The lowest BCUT2D eigenvalue weighted by Crippen LogP contribution is -2.35. The van der Waals surface area contributed by atoms with E-state index in [4.69, 9.17) is 4.74 Å². The fourth-order valence-electron chi connectivity index (χ4n) is 3.30. The second kappa shape index (κ2) is 7.99. The molecule has 1 aromatic heterocycles. The third kappa shape index (κ3) is 4.21. The molecule has 3 aromatic rings. The molecule has 0 bridgehead atoms. The second-order valence-corrected chi connectivity index (χ2v) is 9.53. The molecule has 0 fully saturated rings. The zero-order valence-corrected chi connectivity index (χ0v) is 18.1. The van der Waals surface area contributed by atoms with Gasteiger partial charge in [-0.25, -0.2) is 13.4 Å². The van der Waals surface area contributed by atoms with E-state index in [-0.39, 0.29) is 33.6 Å². The molecule has 2 aromatic carbocycles. The quantitative estimate of drug-likeness (QED) is 0.579. The average Bonchev–Trinajstić information content (AvgIpc) is 3.23. The Morgan fingerprint density at radius 2 is 2.00 bits per heavy atom. The lowest BCUT2D eigenvalue weighted by molar-refractivity contribution is -0.137. The predicted molar refractivity (Wildman–Crippen MR) is 113 cm³/mol. The summed E-state index contributed by atoms with van der Waals surface area (Å²) in [6, 6.07) is 8.95. The van der Waals surface area contributed by atoms with Crippen LogP contribution in [-0.4, -0.2) is 26.1 Å². The number of halogens is 3. The van der Waals surface area contributed by atoms with Crippen molar-refractivity contribution in [3.8, 4) is 11.8 Å². The normalized spacial score (nSPS) is 16.1. The van der Waals surface area contributed by atoms with Crippen molar-refractivity contribution in [1.82, 2.24) is 4.98 Å². The van der Waals surface area contributed by atoms with Crippen LogP contribution in [0.2, 0.25) is 0 Å². The molecule has 12 heteroatoms. The summed E-state index contributed by atoms with van der Waals surface area (Å²) in [5, 5.41) is 11.3. The van der Waals surface area contributed by atoms with Gasteiger partial charge < -0.3 is 9.64 Å². The zero-order chi connectivity index (χ0) is 23.1. The van der Waals surface area contributed by atoms with Gasteiger partial charge in [-0.05, 0) is 37.3 Å². The van der Waals surface area contributed by atoms with Crippen LogP contribution in [0.1, 0.15) is 18.1 Å². The predicted octanol–water partition coefficient (Wildman–Crippen LogP) is 4.75. The molecule has 0 saturated heterocycles. The van der Waals surface area contributed by atoms with E-state index in [0.29, 0.717) is 5.69 Å². The first kappa shape index (κ1) is 21.9. The molecule has 0 saturated carbocycles. The summed E-state index contributed by atoms with van der Waals surface area (Å²) in [5.74, 6) is 0.231. The summed E-state index contributed by atoms with van der Waals surface area (Å²) in [4.78, 5) is 5.48. The molecule has 2 heterocycles. The molecule has 1 N–H and O–H groups in total. The third-order valence-electron chi connectivity index (χ3n) is 4.69. The van der Waals surface area contributed by atoms with Gasteiger partial charge in [-0.1, -0.05) is 0 Å². The van der Waals surface area contributed by atoms with Crippen LogP contribution in [0, 0.1) is 11.3 Å². The summed E-state index contributed by atoms with van der Waals surface area (Å²) in [7, 11) is -3.93. The first-order valence-electron chi connectivity index (χ1n) is 9.20. The number of ether oxygens (including phenoxy) is 1. The number of fused-ring (bicyclic) bond motifs is 1. The van der Waals surface area contributed by atoms with Gasteiger partial charge in [-0.15, -0.1) is 11.3 Å². The van der Waals surface area contributed by atoms with Gasteiger partial charge >= 0.3 is 6.18 Å². The van der Waals surface area contributed by atoms with Crippen LogP contribution in [0.4, 0.5) is 29.7 Å². The number of alkyl halides is 3. The number of aromatic nitrogens is 1. The Bertz CT molecular complexity index is 1300. The highest BCUT2D eigenvalue weighted by molar-refractivity contribution is 7.93. The van der Waals surface area contributed by atoms with Crippen LogP contribution < -0.4 is 14.4 Å². The standard InChI is InChI=1S/C20H15F3N4O3S2/c1-12-11-27(16-4-2-14(20(21,22)23)8-13(16)10-24)17-5-3-15(9-18(17)30-12)32(28,29)26-19-25-6-7-31-19/h2-9,12H,11H2,1H3,(H,25,26)/t12-/m1/s1. The number of hydrogen-bond acceptors (Lipinski definition) is 7. The molecule has 0 spiro atoms. The van der Waals surface area contributed by atoms with Crippen molar-refractivity contribution in [2.75, 3.05) is 16.2 Å². The molecule has 7 nitrogen and oxygen atoms in total. The minimum Gasteiger partial charge on any atom is -0.487 e. The van der Waals surface area contributed by atoms with Gasteiger partial charge in [0.15, 0.2) is 5.13 Å². The van der Waals surface area contributed by atoms with E-state index in [2.05, 4.69) is 9.71 Å². The van der Waals surface area contributed by atoms with Crippen LogP contribution in [0.5, 0.6) is 5.75 Å². The van der Waals surface area contributed by atoms with Gasteiger partial charge in [0.05, 0.1) is 33.9 Å². The van der Waals surface area contributed by atoms with E-state index < -0.39 is 27.9 Å². The van der Waals surface area contributed by atoms with E-state index in [1.807, 2.05) is 6.07 Å². The minimum atomic E-state index is -4.58. The van der Waals surface area contributed by atoms with Crippen molar-refractivity contribution in [2.45, 2.75) is 24.1 Å². The summed E-state index contributed by atoms with van der Waals surface area (Å²) in [6.07, 6.45) is -3.52. The van der Waals surface area contributed by atoms with Crippen molar-refractivity contribution in [2.24, 2.45) is 0 Å². The largest absolute Gasteiger partial charge is 0.487 e. The Kier molecular flexibility index (Phi) is 5.47. The number of benzene rings is 2. The highest BCUT2D eigenvalue weighted by Crippen LogP contribution is 2.42. The van der Waals surface area contributed by atoms with E-state index in [1.54, 1.807) is 17.2 Å². The molecule has 1 atom stereocenters. The number of thiazole rings is 1.